The van der Waals surface area contributed by atoms with Crippen molar-refractivity contribution in [3.8, 4) is 0 Å². The van der Waals surface area contributed by atoms with Crippen LogP contribution in [0.25, 0.3) is 0 Å². The topological polar surface area (TPSA) is 32.8 Å². The molecule has 4 nitrogen and oxygen atoms in total. The summed E-state index contributed by atoms with van der Waals surface area (Å²) in [5.74, 6) is -4.64. The van der Waals surface area contributed by atoms with Crippen LogP contribution in [-0.4, -0.2) is 74.5 Å². The molecule has 0 N–H and O–H groups in total. The number of carbonyl (C=O) groups excluding carboxylic acids is 1. The van der Waals surface area contributed by atoms with Gasteiger partial charge in [0.2, 0.25) is 5.91 Å². The zero-order valence-corrected chi connectivity index (χ0v) is 15.1. The third-order valence-corrected chi connectivity index (χ3v) is 4.65. The Kier molecular flexibility index (Phi) is 6.63. The van der Waals surface area contributed by atoms with E-state index in [-0.39, 0.29) is 12.0 Å². The Morgan fingerprint density at radius 2 is 1.88 bits per heavy atom. The molecule has 26 heavy (non-hydrogen) atoms. The van der Waals surface area contributed by atoms with Crippen LogP contribution in [0, 0.1) is 6.92 Å². The SMILES string of the molecule is Cc1ccc([C@H]2CN(C(=O)COCC(F)(F)C(F)F)C[C@@H]2N(C)C)cc1. The molecule has 1 heterocycles. The van der Waals surface area contributed by atoms with Crippen molar-refractivity contribution in [3.05, 3.63) is 35.4 Å². The minimum Gasteiger partial charge on any atom is -0.365 e. The second-order valence-corrected chi connectivity index (χ2v) is 6.90. The normalized spacial score (nSPS) is 21.0. The maximum atomic E-state index is 12.9. The molecule has 0 spiro atoms. The first-order valence-electron chi connectivity index (χ1n) is 8.36. The van der Waals surface area contributed by atoms with E-state index in [2.05, 4.69) is 4.74 Å². The van der Waals surface area contributed by atoms with Crippen molar-refractivity contribution in [3.63, 3.8) is 0 Å². The third kappa shape index (κ3) is 4.94. The first-order chi connectivity index (χ1) is 12.1. The predicted molar refractivity (Wildman–Crippen MR) is 89.7 cm³/mol. The Morgan fingerprint density at radius 3 is 2.42 bits per heavy atom. The van der Waals surface area contributed by atoms with Crippen LogP contribution >= 0.6 is 0 Å². The summed E-state index contributed by atoms with van der Waals surface area (Å²) in [4.78, 5) is 15.8. The number of nitrogens with zero attached hydrogens (tertiary/aromatic N) is 2. The van der Waals surface area contributed by atoms with E-state index in [0.29, 0.717) is 13.1 Å². The van der Waals surface area contributed by atoms with Gasteiger partial charge >= 0.3 is 12.3 Å². The number of ether oxygens (including phenoxy) is 1. The van der Waals surface area contributed by atoms with Gasteiger partial charge in [-0.2, -0.15) is 8.78 Å². The van der Waals surface area contributed by atoms with Crippen molar-refractivity contribution in [1.82, 2.24) is 9.80 Å². The average molecular weight is 376 g/mol. The number of amides is 1. The van der Waals surface area contributed by atoms with E-state index in [1.165, 1.54) is 4.90 Å². The summed E-state index contributed by atoms with van der Waals surface area (Å²) in [6.45, 7) is 0.744. The first kappa shape index (κ1) is 20.6. The highest BCUT2D eigenvalue weighted by molar-refractivity contribution is 5.78. The lowest BCUT2D eigenvalue weighted by molar-refractivity contribution is -0.170. The highest BCUT2D eigenvalue weighted by atomic mass is 19.3. The van der Waals surface area contributed by atoms with E-state index in [4.69, 9.17) is 0 Å². The third-order valence-electron chi connectivity index (χ3n) is 4.65. The fourth-order valence-corrected chi connectivity index (χ4v) is 3.08. The van der Waals surface area contributed by atoms with Gasteiger partial charge in [-0.25, -0.2) is 8.78 Å². The van der Waals surface area contributed by atoms with Gasteiger partial charge in [-0.3, -0.25) is 4.79 Å². The lowest BCUT2D eigenvalue weighted by atomic mass is 9.93. The summed E-state index contributed by atoms with van der Waals surface area (Å²) in [5, 5.41) is 0. The Labute approximate surface area is 150 Å². The molecule has 146 valence electrons. The van der Waals surface area contributed by atoms with Crippen LogP contribution in [0.2, 0.25) is 0 Å². The van der Waals surface area contributed by atoms with Gasteiger partial charge in [-0.05, 0) is 26.6 Å². The lowest BCUT2D eigenvalue weighted by Crippen LogP contribution is -2.38. The van der Waals surface area contributed by atoms with Crippen LogP contribution in [-0.2, 0) is 9.53 Å². The van der Waals surface area contributed by atoms with Gasteiger partial charge in [0.15, 0.2) is 0 Å². The van der Waals surface area contributed by atoms with Crippen molar-refractivity contribution in [2.24, 2.45) is 0 Å². The van der Waals surface area contributed by atoms with Crippen molar-refractivity contribution in [2.75, 3.05) is 40.4 Å². The molecule has 1 aromatic rings. The molecule has 0 unspecified atom stereocenters. The second-order valence-electron chi connectivity index (χ2n) is 6.90. The van der Waals surface area contributed by atoms with Crippen LogP contribution < -0.4 is 0 Å². The molecule has 0 radical (unpaired) electrons. The fraction of sp³-hybridized carbons (Fsp3) is 0.611. The van der Waals surface area contributed by atoms with Crippen LogP contribution in [0.5, 0.6) is 0 Å². The number of rotatable bonds is 7. The van der Waals surface area contributed by atoms with Gasteiger partial charge in [-0.15, -0.1) is 0 Å². The van der Waals surface area contributed by atoms with E-state index in [1.807, 2.05) is 50.2 Å². The largest absolute Gasteiger partial charge is 0.365 e. The summed E-state index contributed by atoms with van der Waals surface area (Å²) < 4.78 is 54.5. The fourth-order valence-electron chi connectivity index (χ4n) is 3.08. The van der Waals surface area contributed by atoms with Crippen LogP contribution in [0.15, 0.2) is 24.3 Å². The number of alkyl halides is 4. The Balaban J connectivity index is 1.98. The number of hydrogen-bond donors (Lipinski definition) is 0. The zero-order chi connectivity index (χ0) is 19.5. The number of hydrogen-bond acceptors (Lipinski definition) is 3. The van der Waals surface area contributed by atoms with Gasteiger partial charge in [0.25, 0.3) is 0 Å². The number of aryl methyl sites for hydroxylation is 1. The molecular weight excluding hydrogens is 352 g/mol. The Hall–Kier alpha value is -1.67. The standard InChI is InChI=1S/C18H24F4N2O2/c1-12-4-6-13(7-5-12)14-8-24(9-15(14)23(2)3)16(25)10-26-11-18(21,22)17(19)20/h4-7,14-15,17H,8-11H2,1-3H3/t14-,15+/m1/s1. The van der Waals surface area contributed by atoms with Gasteiger partial charge in [0, 0.05) is 25.0 Å². The van der Waals surface area contributed by atoms with Gasteiger partial charge < -0.3 is 14.5 Å². The van der Waals surface area contributed by atoms with Crippen molar-refractivity contribution in [1.29, 1.82) is 0 Å². The Bertz CT molecular complexity index is 608. The van der Waals surface area contributed by atoms with Gasteiger partial charge in [0.1, 0.15) is 13.2 Å². The van der Waals surface area contributed by atoms with E-state index < -0.39 is 31.5 Å². The minimum atomic E-state index is -4.25. The van der Waals surface area contributed by atoms with Crippen LogP contribution in [0.1, 0.15) is 17.0 Å². The highest BCUT2D eigenvalue weighted by Crippen LogP contribution is 2.30. The van der Waals surface area contributed by atoms with Crippen molar-refractivity contribution < 1.29 is 27.1 Å². The molecule has 0 aromatic heterocycles. The molecule has 0 saturated carbocycles. The summed E-state index contributed by atoms with van der Waals surface area (Å²) in [6.07, 6.45) is -3.81. The molecule has 1 aliphatic heterocycles. The zero-order valence-electron chi connectivity index (χ0n) is 15.1. The summed E-state index contributed by atoms with van der Waals surface area (Å²) in [5.41, 5.74) is 2.23. The van der Waals surface area contributed by atoms with Crippen molar-refractivity contribution >= 4 is 5.91 Å². The van der Waals surface area contributed by atoms with E-state index in [1.54, 1.807) is 0 Å². The average Bonchev–Trinajstić information content (AvgIpc) is 3.00. The molecule has 1 aliphatic rings. The molecular formula is C18H24F4N2O2. The minimum absolute atomic E-state index is 0.0733. The Morgan fingerprint density at radius 1 is 1.27 bits per heavy atom. The number of likely N-dealkylation sites (N-methyl/N-ethyl adjacent to an activating group) is 1. The molecule has 0 aliphatic carbocycles. The quantitative estimate of drug-likeness (QED) is 0.686. The molecule has 2 rings (SSSR count). The maximum absolute atomic E-state index is 12.9. The van der Waals surface area contributed by atoms with E-state index in [0.717, 1.165) is 11.1 Å². The number of benzene rings is 1. The number of carbonyl (C=O) groups is 1. The van der Waals surface area contributed by atoms with Crippen molar-refractivity contribution in [2.45, 2.75) is 31.2 Å². The van der Waals surface area contributed by atoms with Crippen LogP contribution in [0.3, 0.4) is 0 Å². The molecule has 1 aromatic carbocycles. The molecule has 8 heteroatoms. The molecule has 1 saturated heterocycles. The highest BCUT2D eigenvalue weighted by Gasteiger charge is 2.42. The monoisotopic (exact) mass is 376 g/mol. The van der Waals surface area contributed by atoms with Gasteiger partial charge in [0.05, 0.1) is 0 Å². The van der Waals surface area contributed by atoms with E-state index in [9.17, 15) is 22.4 Å². The second kappa shape index (κ2) is 8.35. The summed E-state index contributed by atoms with van der Waals surface area (Å²) in [6, 6.07) is 8.11. The van der Waals surface area contributed by atoms with Crippen LogP contribution in [0.4, 0.5) is 17.6 Å². The molecule has 1 fully saturated rings. The maximum Gasteiger partial charge on any atom is 0.330 e. The number of halogens is 4. The summed E-state index contributed by atoms with van der Waals surface area (Å²) in [7, 11) is 3.83. The lowest BCUT2D eigenvalue weighted by Gasteiger charge is -2.25. The smallest absolute Gasteiger partial charge is 0.330 e. The molecule has 2 atom stereocenters. The number of likely N-dealkylation sites (tertiary alicyclic amines) is 1. The molecule has 1 amide bonds. The first-order valence-corrected chi connectivity index (χ1v) is 8.36. The predicted octanol–water partition coefficient (Wildman–Crippen LogP) is 2.77. The van der Waals surface area contributed by atoms with E-state index >= 15 is 0 Å². The molecule has 0 bridgehead atoms. The van der Waals surface area contributed by atoms with Gasteiger partial charge in [-0.1, -0.05) is 29.8 Å². The summed E-state index contributed by atoms with van der Waals surface area (Å²) >= 11 is 0.